The zero-order chi connectivity index (χ0) is 19.8. The van der Waals surface area contributed by atoms with E-state index >= 15 is 0 Å². The van der Waals surface area contributed by atoms with Crippen LogP contribution in [0, 0.1) is 0 Å². The highest BCUT2D eigenvalue weighted by Crippen LogP contribution is 2.18. The van der Waals surface area contributed by atoms with Gasteiger partial charge >= 0.3 is 0 Å². The molecule has 6 heteroatoms. The molecule has 0 bridgehead atoms. The first kappa shape index (κ1) is 19.5. The molecular formula is C22H22N2O4. The first-order valence-corrected chi connectivity index (χ1v) is 9.03. The molecule has 0 aliphatic carbocycles. The van der Waals surface area contributed by atoms with Crippen molar-refractivity contribution in [2.75, 3.05) is 31.2 Å². The van der Waals surface area contributed by atoms with Gasteiger partial charge < -0.3 is 9.64 Å². The van der Waals surface area contributed by atoms with Gasteiger partial charge in [-0.3, -0.25) is 14.8 Å². The van der Waals surface area contributed by atoms with Crippen LogP contribution < -0.4 is 10.4 Å². The first-order valence-electron chi connectivity index (χ1n) is 9.03. The van der Waals surface area contributed by atoms with Gasteiger partial charge in [0.05, 0.1) is 13.2 Å². The fourth-order valence-corrected chi connectivity index (χ4v) is 2.92. The molecule has 1 fully saturated rings. The van der Waals surface area contributed by atoms with Crippen molar-refractivity contribution < 1.29 is 19.5 Å². The van der Waals surface area contributed by atoms with Crippen LogP contribution in [-0.4, -0.2) is 43.2 Å². The maximum atomic E-state index is 12.6. The van der Waals surface area contributed by atoms with Gasteiger partial charge in [-0.15, -0.1) is 0 Å². The van der Waals surface area contributed by atoms with Crippen LogP contribution in [0.2, 0.25) is 0 Å². The molecule has 0 aromatic heterocycles. The standard InChI is InChI=1S/C22H22N2O4/c25-21(19-5-2-6-20(16-19)24-11-13-28-14-12-24)9-7-17-3-1-4-18(15-17)8-10-22(26)23-27/h1-10,15-16,27H,11-14H2,(H,23,26). The number of anilines is 1. The molecule has 1 aliphatic heterocycles. The number of hydroxylamine groups is 1. The Morgan fingerprint density at radius 3 is 2.36 bits per heavy atom. The van der Waals surface area contributed by atoms with Gasteiger partial charge in [-0.25, -0.2) is 5.48 Å². The molecule has 2 N–H and O–H groups in total. The number of hydrogen-bond acceptors (Lipinski definition) is 5. The highest BCUT2D eigenvalue weighted by atomic mass is 16.5. The van der Waals surface area contributed by atoms with Gasteiger partial charge in [0.2, 0.25) is 0 Å². The molecule has 1 aliphatic rings. The SMILES string of the molecule is O=C(C=Cc1cccc(C=CC(=O)c2cccc(N3CCOCC3)c2)c1)NO. The van der Waals surface area contributed by atoms with E-state index in [1.807, 2.05) is 48.5 Å². The third-order valence-corrected chi connectivity index (χ3v) is 4.38. The summed E-state index contributed by atoms with van der Waals surface area (Å²) >= 11 is 0. The largest absolute Gasteiger partial charge is 0.378 e. The Labute approximate surface area is 163 Å². The van der Waals surface area contributed by atoms with Crippen LogP contribution >= 0.6 is 0 Å². The Balaban J connectivity index is 1.70. The average molecular weight is 378 g/mol. The number of nitrogens with one attached hydrogen (secondary N) is 1. The summed E-state index contributed by atoms with van der Waals surface area (Å²) in [7, 11) is 0. The highest BCUT2D eigenvalue weighted by molar-refractivity contribution is 6.07. The molecule has 2 aromatic carbocycles. The van der Waals surface area contributed by atoms with Gasteiger partial charge in [-0.1, -0.05) is 36.4 Å². The van der Waals surface area contributed by atoms with E-state index in [4.69, 9.17) is 9.94 Å². The molecule has 0 radical (unpaired) electrons. The van der Waals surface area contributed by atoms with Crippen LogP contribution in [0.5, 0.6) is 0 Å². The van der Waals surface area contributed by atoms with Crippen LogP contribution in [0.1, 0.15) is 21.5 Å². The predicted molar refractivity (Wildman–Crippen MR) is 108 cm³/mol. The average Bonchev–Trinajstić information content (AvgIpc) is 2.76. The smallest absolute Gasteiger partial charge is 0.267 e. The Kier molecular flexibility index (Phi) is 6.73. The van der Waals surface area contributed by atoms with Gasteiger partial charge in [0.15, 0.2) is 5.78 Å². The summed E-state index contributed by atoms with van der Waals surface area (Å²) in [6.45, 7) is 3.04. The van der Waals surface area contributed by atoms with Gasteiger partial charge in [0, 0.05) is 30.4 Å². The summed E-state index contributed by atoms with van der Waals surface area (Å²) < 4.78 is 5.37. The third kappa shape index (κ3) is 5.39. The van der Waals surface area contributed by atoms with Crippen molar-refractivity contribution >= 4 is 29.5 Å². The minimum atomic E-state index is -0.601. The number of rotatable bonds is 6. The summed E-state index contributed by atoms with van der Waals surface area (Å²) in [5.41, 5.74) is 4.82. The molecule has 0 unspecified atom stereocenters. The third-order valence-electron chi connectivity index (χ3n) is 4.38. The molecule has 28 heavy (non-hydrogen) atoms. The maximum Gasteiger partial charge on any atom is 0.267 e. The molecule has 144 valence electrons. The lowest BCUT2D eigenvalue weighted by molar-refractivity contribution is -0.124. The number of amides is 1. The quantitative estimate of drug-likeness (QED) is 0.350. The highest BCUT2D eigenvalue weighted by Gasteiger charge is 2.12. The summed E-state index contributed by atoms with van der Waals surface area (Å²) in [6.07, 6.45) is 6.09. The van der Waals surface area contributed by atoms with E-state index in [1.54, 1.807) is 23.7 Å². The maximum absolute atomic E-state index is 12.6. The normalized spacial score (nSPS) is 14.5. The lowest BCUT2D eigenvalue weighted by Gasteiger charge is -2.29. The molecule has 2 aromatic rings. The van der Waals surface area contributed by atoms with Gasteiger partial charge in [0.1, 0.15) is 0 Å². The second-order valence-corrected chi connectivity index (χ2v) is 6.33. The first-order chi connectivity index (χ1) is 13.7. The molecule has 0 spiro atoms. The molecule has 1 heterocycles. The van der Waals surface area contributed by atoms with E-state index in [-0.39, 0.29) is 5.78 Å². The van der Waals surface area contributed by atoms with E-state index in [2.05, 4.69) is 4.90 Å². The summed E-state index contributed by atoms with van der Waals surface area (Å²) in [4.78, 5) is 25.8. The number of hydrogen-bond donors (Lipinski definition) is 2. The molecule has 6 nitrogen and oxygen atoms in total. The Bertz CT molecular complexity index is 899. The van der Waals surface area contributed by atoms with E-state index in [0.717, 1.165) is 29.9 Å². The lowest BCUT2D eigenvalue weighted by Crippen LogP contribution is -2.36. The Hall–Kier alpha value is -3.22. The van der Waals surface area contributed by atoms with Crippen LogP contribution in [0.25, 0.3) is 12.2 Å². The summed E-state index contributed by atoms with van der Waals surface area (Å²) in [6, 6.07) is 15.0. The number of benzene rings is 2. The zero-order valence-corrected chi connectivity index (χ0v) is 15.4. The molecule has 1 saturated heterocycles. The van der Waals surface area contributed by atoms with E-state index in [1.165, 1.54) is 6.08 Å². The van der Waals surface area contributed by atoms with Crippen LogP contribution in [-0.2, 0) is 9.53 Å². The molecule has 3 rings (SSSR count). The fourth-order valence-electron chi connectivity index (χ4n) is 2.92. The molecule has 0 saturated carbocycles. The van der Waals surface area contributed by atoms with Crippen LogP contribution in [0.4, 0.5) is 5.69 Å². The fraction of sp³-hybridized carbons (Fsp3) is 0.182. The number of allylic oxidation sites excluding steroid dienone is 1. The van der Waals surface area contributed by atoms with Crippen LogP contribution in [0.3, 0.4) is 0 Å². The second kappa shape index (κ2) is 9.64. The van der Waals surface area contributed by atoms with Gasteiger partial charge in [-0.2, -0.15) is 0 Å². The van der Waals surface area contributed by atoms with Gasteiger partial charge in [-0.05, 0) is 41.5 Å². The van der Waals surface area contributed by atoms with Crippen molar-refractivity contribution in [1.29, 1.82) is 0 Å². The summed E-state index contributed by atoms with van der Waals surface area (Å²) in [5.74, 6) is -0.674. The number of ether oxygens (including phenoxy) is 1. The van der Waals surface area contributed by atoms with E-state index in [0.29, 0.717) is 18.8 Å². The molecule has 0 atom stereocenters. The minimum Gasteiger partial charge on any atom is -0.378 e. The Morgan fingerprint density at radius 1 is 0.964 bits per heavy atom. The van der Waals surface area contributed by atoms with Crippen molar-refractivity contribution in [2.24, 2.45) is 0 Å². The van der Waals surface area contributed by atoms with Crippen molar-refractivity contribution in [3.05, 3.63) is 77.4 Å². The van der Waals surface area contributed by atoms with Gasteiger partial charge in [0.25, 0.3) is 5.91 Å². The minimum absolute atomic E-state index is 0.0734. The van der Waals surface area contributed by atoms with E-state index < -0.39 is 5.91 Å². The monoisotopic (exact) mass is 378 g/mol. The molecular weight excluding hydrogens is 356 g/mol. The van der Waals surface area contributed by atoms with Crippen molar-refractivity contribution in [3.63, 3.8) is 0 Å². The topological polar surface area (TPSA) is 78.9 Å². The number of carbonyl (C=O) groups is 2. The van der Waals surface area contributed by atoms with Crippen LogP contribution in [0.15, 0.2) is 60.7 Å². The Morgan fingerprint density at radius 2 is 1.64 bits per heavy atom. The zero-order valence-electron chi connectivity index (χ0n) is 15.4. The lowest BCUT2D eigenvalue weighted by atomic mass is 10.1. The second-order valence-electron chi connectivity index (χ2n) is 6.33. The number of ketones is 1. The van der Waals surface area contributed by atoms with Crippen molar-refractivity contribution in [2.45, 2.75) is 0 Å². The molecule has 1 amide bonds. The number of carbonyl (C=O) groups excluding carboxylic acids is 2. The van der Waals surface area contributed by atoms with Crippen molar-refractivity contribution in [3.8, 4) is 0 Å². The summed E-state index contributed by atoms with van der Waals surface area (Å²) in [5, 5.41) is 8.51. The van der Waals surface area contributed by atoms with E-state index in [9.17, 15) is 9.59 Å². The number of morpholine rings is 1. The number of nitrogens with zero attached hydrogens (tertiary/aromatic N) is 1. The van der Waals surface area contributed by atoms with Crippen molar-refractivity contribution in [1.82, 2.24) is 5.48 Å². The predicted octanol–water partition coefficient (Wildman–Crippen LogP) is 2.94.